The van der Waals surface area contributed by atoms with Gasteiger partial charge < -0.3 is 10.8 Å². The topological polar surface area (TPSA) is 81.1 Å². The minimum absolute atomic E-state index is 0.173. The van der Waals surface area contributed by atoms with Crippen molar-refractivity contribution in [2.75, 3.05) is 0 Å². The number of hydrogen-bond donors (Lipinski definition) is 2. The van der Waals surface area contributed by atoms with Crippen LogP contribution in [0.4, 0.5) is 0 Å². The van der Waals surface area contributed by atoms with Gasteiger partial charge in [-0.15, -0.1) is 0 Å². The van der Waals surface area contributed by atoms with Crippen molar-refractivity contribution in [2.24, 2.45) is 5.73 Å². The molecule has 1 aromatic heterocycles. The fourth-order valence-corrected chi connectivity index (χ4v) is 0.987. The van der Waals surface area contributed by atoms with Crippen LogP contribution in [0.3, 0.4) is 0 Å². The maximum atomic E-state index is 10.8. The molecule has 0 saturated heterocycles. The predicted octanol–water partition coefficient (Wildman–Crippen LogP) is -0.506. The first-order chi connectivity index (χ1) is 5.69. The van der Waals surface area contributed by atoms with Crippen molar-refractivity contribution < 1.29 is 9.90 Å². The maximum absolute atomic E-state index is 10.8. The lowest BCUT2D eigenvalue weighted by Crippen LogP contribution is -2.16. The average molecular weight is 169 g/mol. The zero-order valence-electron chi connectivity index (χ0n) is 6.82. The number of nitrogens with two attached hydrogens (primary N) is 1. The van der Waals surface area contributed by atoms with E-state index < -0.39 is 5.91 Å². The SMILES string of the molecule is CCn1nc(CO)cc1C(N)=O. The van der Waals surface area contributed by atoms with Gasteiger partial charge >= 0.3 is 0 Å². The van der Waals surface area contributed by atoms with E-state index in [2.05, 4.69) is 5.10 Å². The van der Waals surface area contributed by atoms with Gasteiger partial charge in [-0.25, -0.2) is 0 Å². The molecular formula is C7H11N3O2. The summed E-state index contributed by atoms with van der Waals surface area (Å²) in [4.78, 5) is 10.8. The highest BCUT2D eigenvalue weighted by Gasteiger charge is 2.09. The Bertz CT molecular complexity index is 293. The number of primary amides is 1. The van der Waals surface area contributed by atoms with Gasteiger partial charge in [0.05, 0.1) is 12.3 Å². The minimum atomic E-state index is -0.524. The van der Waals surface area contributed by atoms with E-state index in [-0.39, 0.29) is 6.61 Å². The van der Waals surface area contributed by atoms with Gasteiger partial charge in [-0.05, 0) is 13.0 Å². The first kappa shape index (κ1) is 8.73. The molecule has 1 aromatic rings. The van der Waals surface area contributed by atoms with E-state index in [1.165, 1.54) is 10.7 Å². The van der Waals surface area contributed by atoms with Gasteiger partial charge in [0.25, 0.3) is 5.91 Å². The van der Waals surface area contributed by atoms with Crippen molar-refractivity contribution >= 4 is 5.91 Å². The van der Waals surface area contributed by atoms with Crippen LogP contribution in [0.5, 0.6) is 0 Å². The van der Waals surface area contributed by atoms with Crippen LogP contribution < -0.4 is 5.73 Å². The minimum Gasteiger partial charge on any atom is -0.390 e. The lowest BCUT2D eigenvalue weighted by atomic mass is 10.3. The van der Waals surface area contributed by atoms with Gasteiger partial charge in [-0.1, -0.05) is 0 Å². The molecule has 0 bridgehead atoms. The number of aryl methyl sites for hydroxylation is 1. The van der Waals surface area contributed by atoms with E-state index >= 15 is 0 Å². The van der Waals surface area contributed by atoms with Crippen LogP contribution in [-0.4, -0.2) is 20.8 Å². The van der Waals surface area contributed by atoms with E-state index in [0.717, 1.165) is 0 Å². The Kier molecular flexibility index (Phi) is 2.44. The van der Waals surface area contributed by atoms with Crippen molar-refractivity contribution in [1.82, 2.24) is 9.78 Å². The third-order valence-corrected chi connectivity index (χ3v) is 1.54. The smallest absolute Gasteiger partial charge is 0.266 e. The summed E-state index contributed by atoms with van der Waals surface area (Å²) in [6.07, 6.45) is 0. The molecule has 12 heavy (non-hydrogen) atoms. The van der Waals surface area contributed by atoms with E-state index in [1.54, 1.807) is 0 Å². The van der Waals surface area contributed by atoms with Gasteiger partial charge in [0, 0.05) is 6.54 Å². The number of aliphatic hydroxyl groups is 1. The summed E-state index contributed by atoms with van der Waals surface area (Å²) in [6, 6.07) is 1.49. The summed E-state index contributed by atoms with van der Waals surface area (Å²) in [5.74, 6) is -0.524. The van der Waals surface area contributed by atoms with Crippen LogP contribution in [0.25, 0.3) is 0 Å². The zero-order chi connectivity index (χ0) is 9.14. The van der Waals surface area contributed by atoms with Crippen LogP contribution in [0, 0.1) is 0 Å². The molecule has 1 heterocycles. The predicted molar refractivity (Wildman–Crippen MR) is 42.3 cm³/mol. The van der Waals surface area contributed by atoms with Crippen molar-refractivity contribution in [3.63, 3.8) is 0 Å². The lowest BCUT2D eigenvalue weighted by molar-refractivity contribution is 0.0990. The fourth-order valence-electron chi connectivity index (χ4n) is 0.987. The normalized spacial score (nSPS) is 10.2. The summed E-state index contributed by atoms with van der Waals surface area (Å²) in [7, 11) is 0. The molecule has 1 amide bonds. The second-order valence-corrected chi connectivity index (χ2v) is 2.36. The van der Waals surface area contributed by atoms with Crippen LogP contribution in [-0.2, 0) is 13.2 Å². The Morgan fingerprint density at radius 1 is 1.83 bits per heavy atom. The molecule has 5 heteroatoms. The number of amides is 1. The number of aromatic nitrogens is 2. The van der Waals surface area contributed by atoms with Gasteiger partial charge in [-0.3, -0.25) is 9.48 Å². The summed E-state index contributed by atoms with van der Waals surface area (Å²) in [6.45, 7) is 2.24. The lowest BCUT2D eigenvalue weighted by Gasteiger charge is -1.97. The van der Waals surface area contributed by atoms with Crippen molar-refractivity contribution in [3.05, 3.63) is 17.5 Å². The van der Waals surface area contributed by atoms with Gasteiger partial charge in [0.15, 0.2) is 0 Å². The van der Waals surface area contributed by atoms with Crippen LogP contribution >= 0.6 is 0 Å². The standard InChI is InChI=1S/C7H11N3O2/c1-2-10-6(7(8)12)3-5(4-11)9-10/h3,11H,2,4H2,1H3,(H2,8,12). The van der Waals surface area contributed by atoms with Crippen molar-refractivity contribution in [2.45, 2.75) is 20.1 Å². The van der Waals surface area contributed by atoms with E-state index in [9.17, 15) is 4.79 Å². The van der Waals surface area contributed by atoms with E-state index in [0.29, 0.717) is 17.9 Å². The number of hydrogen-bond acceptors (Lipinski definition) is 3. The molecule has 1 rings (SSSR count). The third-order valence-electron chi connectivity index (χ3n) is 1.54. The summed E-state index contributed by atoms with van der Waals surface area (Å²) in [5.41, 5.74) is 5.88. The average Bonchev–Trinajstić information content (AvgIpc) is 2.47. The summed E-state index contributed by atoms with van der Waals surface area (Å²) >= 11 is 0. The second-order valence-electron chi connectivity index (χ2n) is 2.36. The highest BCUT2D eigenvalue weighted by molar-refractivity contribution is 5.91. The van der Waals surface area contributed by atoms with Crippen LogP contribution in [0.1, 0.15) is 23.1 Å². The largest absolute Gasteiger partial charge is 0.390 e. The number of nitrogens with zero attached hydrogens (tertiary/aromatic N) is 2. The number of rotatable bonds is 3. The molecule has 0 aliphatic carbocycles. The molecule has 5 nitrogen and oxygen atoms in total. The van der Waals surface area contributed by atoms with E-state index in [4.69, 9.17) is 10.8 Å². The molecule has 66 valence electrons. The van der Waals surface area contributed by atoms with Gasteiger partial charge in [0.1, 0.15) is 5.69 Å². The number of aliphatic hydroxyl groups excluding tert-OH is 1. The maximum Gasteiger partial charge on any atom is 0.266 e. The Hall–Kier alpha value is -1.36. The summed E-state index contributed by atoms with van der Waals surface area (Å²) < 4.78 is 1.47. The molecule has 0 aliphatic rings. The Balaban J connectivity index is 3.08. The Morgan fingerprint density at radius 3 is 2.83 bits per heavy atom. The molecule has 0 saturated carbocycles. The molecule has 3 N–H and O–H groups in total. The Morgan fingerprint density at radius 2 is 2.50 bits per heavy atom. The zero-order valence-corrected chi connectivity index (χ0v) is 6.82. The highest BCUT2D eigenvalue weighted by Crippen LogP contribution is 2.03. The molecule has 0 atom stereocenters. The molecule has 0 radical (unpaired) electrons. The molecule has 0 spiro atoms. The molecular weight excluding hydrogens is 158 g/mol. The first-order valence-electron chi connectivity index (χ1n) is 3.66. The van der Waals surface area contributed by atoms with Gasteiger partial charge in [-0.2, -0.15) is 5.10 Å². The third kappa shape index (κ3) is 1.45. The Labute approximate surface area is 69.8 Å². The second kappa shape index (κ2) is 3.36. The van der Waals surface area contributed by atoms with Crippen LogP contribution in [0.15, 0.2) is 6.07 Å². The van der Waals surface area contributed by atoms with Crippen molar-refractivity contribution in [1.29, 1.82) is 0 Å². The number of carbonyl (C=O) groups excluding carboxylic acids is 1. The molecule has 0 aromatic carbocycles. The quantitative estimate of drug-likeness (QED) is 0.639. The van der Waals surface area contributed by atoms with Crippen LogP contribution in [0.2, 0.25) is 0 Å². The molecule has 0 aliphatic heterocycles. The molecule has 0 unspecified atom stereocenters. The fraction of sp³-hybridized carbons (Fsp3) is 0.429. The number of carbonyl (C=O) groups is 1. The first-order valence-corrected chi connectivity index (χ1v) is 3.66. The summed E-state index contributed by atoms with van der Waals surface area (Å²) in [5, 5.41) is 12.7. The van der Waals surface area contributed by atoms with Crippen molar-refractivity contribution in [3.8, 4) is 0 Å². The van der Waals surface area contributed by atoms with E-state index in [1.807, 2.05) is 6.92 Å². The molecule has 0 fully saturated rings. The monoisotopic (exact) mass is 169 g/mol. The highest BCUT2D eigenvalue weighted by atomic mass is 16.3. The van der Waals surface area contributed by atoms with Gasteiger partial charge in [0.2, 0.25) is 0 Å².